The first-order valence-corrected chi connectivity index (χ1v) is 9.11. The fraction of sp³-hybridized carbons (Fsp3) is 0.667. The standard InChI is InChI=1S/C15H25N5O2S/c1-4-12(23-3)14(22)20-6-5-11(9-20)19(2)8-10-7-13(21)18-15(16)17-10/h7,11-12H,4-6,8-9H2,1-3H3,(H3,16,17,18,21)/t11-,12+/m1/s1. The zero-order valence-corrected chi connectivity index (χ0v) is 14.7. The van der Waals surface area contributed by atoms with Crippen LogP contribution >= 0.6 is 11.8 Å². The number of likely N-dealkylation sites (N-methyl/N-ethyl adjacent to an activating group) is 1. The monoisotopic (exact) mass is 339 g/mol. The number of likely N-dealkylation sites (tertiary alicyclic amines) is 1. The van der Waals surface area contributed by atoms with E-state index in [9.17, 15) is 9.59 Å². The molecule has 7 nitrogen and oxygen atoms in total. The molecule has 1 amide bonds. The fourth-order valence-electron chi connectivity index (χ4n) is 2.94. The highest BCUT2D eigenvalue weighted by Crippen LogP contribution is 2.21. The number of carbonyl (C=O) groups is 1. The number of rotatable bonds is 6. The Balaban J connectivity index is 1.95. The maximum absolute atomic E-state index is 12.4. The first kappa shape index (κ1) is 17.8. The number of H-pyrrole nitrogens is 1. The minimum absolute atomic E-state index is 0.0493. The molecule has 1 aromatic heterocycles. The molecule has 1 aromatic rings. The summed E-state index contributed by atoms with van der Waals surface area (Å²) in [7, 11) is 1.99. The van der Waals surface area contributed by atoms with Gasteiger partial charge in [-0.15, -0.1) is 0 Å². The van der Waals surface area contributed by atoms with Crippen molar-refractivity contribution in [1.82, 2.24) is 19.8 Å². The number of aromatic amines is 1. The number of thioether (sulfide) groups is 1. The number of nitrogens with one attached hydrogen (secondary N) is 1. The number of aromatic nitrogens is 2. The number of carbonyl (C=O) groups excluding carboxylic acids is 1. The summed E-state index contributed by atoms with van der Waals surface area (Å²) in [6, 6.07) is 1.74. The number of hydrogen-bond donors (Lipinski definition) is 2. The lowest BCUT2D eigenvalue weighted by molar-refractivity contribution is -0.129. The summed E-state index contributed by atoms with van der Waals surface area (Å²) in [5.74, 6) is 0.365. The van der Waals surface area contributed by atoms with Gasteiger partial charge in [0.15, 0.2) is 0 Å². The average Bonchev–Trinajstić information content (AvgIpc) is 2.97. The molecule has 0 saturated carbocycles. The average molecular weight is 339 g/mol. The van der Waals surface area contributed by atoms with Gasteiger partial charge in [-0.1, -0.05) is 6.92 Å². The third-order valence-corrected chi connectivity index (χ3v) is 5.36. The third kappa shape index (κ3) is 4.48. The van der Waals surface area contributed by atoms with Crippen molar-refractivity contribution < 1.29 is 4.79 Å². The Morgan fingerprint density at radius 3 is 3.00 bits per heavy atom. The molecular weight excluding hydrogens is 314 g/mol. The van der Waals surface area contributed by atoms with Gasteiger partial charge in [-0.05, 0) is 26.1 Å². The van der Waals surface area contributed by atoms with Crippen molar-refractivity contribution in [3.05, 3.63) is 22.1 Å². The van der Waals surface area contributed by atoms with E-state index in [2.05, 4.69) is 14.9 Å². The number of nitrogens with zero attached hydrogens (tertiary/aromatic N) is 3. The second kappa shape index (κ2) is 7.83. The van der Waals surface area contributed by atoms with E-state index in [1.165, 1.54) is 6.07 Å². The zero-order chi connectivity index (χ0) is 17.0. The summed E-state index contributed by atoms with van der Waals surface area (Å²) in [5, 5.41) is 0.0493. The molecule has 1 aliphatic heterocycles. The highest BCUT2D eigenvalue weighted by molar-refractivity contribution is 7.99. The lowest BCUT2D eigenvalue weighted by atomic mass is 10.2. The summed E-state index contributed by atoms with van der Waals surface area (Å²) in [4.78, 5) is 34.6. The number of amides is 1. The van der Waals surface area contributed by atoms with E-state index < -0.39 is 0 Å². The Morgan fingerprint density at radius 2 is 2.39 bits per heavy atom. The lowest BCUT2D eigenvalue weighted by Crippen LogP contribution is -2.39. The minimum Gasteiger partial charge on any atom is -0.369 e. The molecule has 3 N–H and O–H groups in total. The smallest absolute Gasteiger partial charge is 0.252 e. The Morgan fingerprint density at radius 1 is 1.65 bits per heavy atom. The van der Waals surface area contributed by atoms with Crippen molar-refractivity contribution in [3.8, 4) is 0 Å². The van der Waals surface area contributed by atoms with Crippen LogP contribution in [0, 0.1) is 0 Å². The van der Waals surface area contributed by atoms with Crippen LogP contribution in [-0.4, -0.2) is 63.4 Å². The van der Waals surface area contributed by atoms with Crippen LogP contribution < -0.4 is 11.3 Å². The van der Waals surface area contributed by atoms with Crippen molar-refractivity contribution in [2.24, 2.45) is 0 Å². The predicted octanol–water partition coefficient (Wildman–Crippen LogP) is 0.526. The van der Waals surface area contributed by atoms with E-state index in [0.29, 0.717) is 12.2 Å². The van der Waals surface area contributed by atoms with Gasteiger partial charge < -0.3 is 10.6 Å². The number of hydrogen-bond acceptors (Lipinski definition) is 6. The molecule has 2 heterocycles. The highest BCUT2D eigenvalue weighted by atomic mass is 32.2. The Labute approximate surface area is 140 Å². The summed E-state index contributed by atoms with van der Waals surface area (Å²) < 4.78 is 0. The number of nitrogens with two attached hydrogens (primary N) is 1. The second-order valence-electron chi connectivity index (χ2n) is 5.90. The van der Waals surface area contributed by atoms with Crippen LogP contribution in [0.5, 0.6) is 0 Å². The van der Waals surface area contributed by atoms with Crippen LogP contribution in [0.2, 0.25) is 0 Å². The van der Waals surface area contributed by atoms with E-state index in [1.807, 2.05) is 25.1 Å². The maximum atomic E-state index is 12.4. The van der Waals surface area contributed by atoms with Crippen molar-refractivity contribution >= 4 is 23.6 Å². The Hall–Kier alpha value is -1.54. The summed E-state index contributed by atoms with van der Waals surface area (Å²) in [6.07, 6.45) is 3.77. The molecule has 0 aromatic carbocycles. The number of nitrogen functional groups attached to an aromatic ring is 1. The molecule has 23 heavy (non-hydrogen) atoms. The maximum Gasteiger partial charge on any atom is 0.252 e. The molecule has 0 aliphatic carbocycles. The first-order valence-electron chi connectivity index (χ1n) is 7.82. The molecule has 0 spiro atoms. The lowest BCUT2D eigenvalue weighted by Gasteiger charge is -2.25. The molecule has 1 fully saturated rings. The molecule has 1 aliphatic rings. The largest absolute Gasteiger partial charge is 0.369 e. The molecule has 128 valence electrons. The van der Waals surface area contributed by atoms with Crippen molar-refractivity contribution in [2.75, 3.05) is 32.1 Å². The van der Waals surface area contributed by atoms with Gasteiger partial charge in [0.25, 0.3) is 5.56 Å². The molecule has 0 bridgehead atoms. The fourth-order valence-corrected chi connectivity index (χ4v) is 3.63. The van der Waals surface area contributed by atoms with E-state index >= 15 is 0 Å². The first-order chi connectivity index (χ1) is 10.9. The SMILES string of the molecule is CC[C@H](SC)C(=O)N1CC[C@@H](N(C)Cc2cc(=O)[nH]c(N)n2)C1. The normalized spacial score (nSPS) is 19.3. The third-order valence-electron chi connectivity index (χ3n) is 4.25. The Bertz CT molecular complexity index is 602. The van der Waals surface area contributed by atoms with Gasteiger partial charge >= 0.3 is 0 Å². The summed E-state index contributed by atoms with van der Waals surface area (Å²) in [6.45, 7) is 4.10. The summed E-state index contributed by atoms with van der Waals surface area (Å²) in [5.41, 5.74) is 5.98. The molecule has 1 saturated heterocycles. The van der Waals surface area contributed by atoms with Gasteiger partial charge in [0, 0.05) is 31.7 Å². The van der Waals surface area contributed by atoms with Gasteiger partial charge in [-0.25, -0.2) is 4.98 Å². The molecular formula is C15H25N5O2S. The predicted molar refractivity (Wildman–Crippen MR) is 93.3 cm³/mol. The van der Waals surface area contributed by atoms with Gasteiger partial charge in [0.1, 0.15) is 0 Å². The van der Waals surface area contributed by atoms with Gasteiger partial charge in [0.05, 0.1) is 10.9 Å². The van der Waals surface area contributed by atoms with Crippen LogP contribution in [0.25, 0.3) is 0 Å². The van der Waals surface area contributed by atoms with E-state index in [1.54, 1.807) is 11.8 Å². The van der Waals surface area contributed by atoms with Crippen LogP contribution in [0.3, 0.4) is 0 Å². The van der Waals surface area contributed by atoms with Crippen molar-refractivity contribution in [2.45, 2.75) is 37.6 Å². The zero-order valence-electron chi connectivity index (χ0n) is 13.9. The van der Waals surface area contributed by atoms with Gasteiger partial charge in [-0.2, -0.15) is 11.8 Å². The quantitative estimate of drug-likeness (QED) is 0.785. The van der Waals surface area contributed by atoms with Crippen molar-refractivity contribution in [3.63, 3.8) is 0 Å². The number of anilines is 1. The molecule has 2 rings (SSSR count). The topological polar surface area (TPSA) is 95.3 Å². The van der Waals surface area contributed by atoms with Gasteiger partial charge in [-0.3, -0.25) is 19.5 Å². The van der Waals surface area contributed by atoms with Crippen LogP contribution in [0.1, 0.15) is 25.5 Å². The molecule has 2 atom stereocenters. The van der Waals surface area contributed by atoms with Crippen LogP contribution in [0.4, 0.5) is 5.95 Å². The van der Waals surface area contributed by atoms with Gasteiger partial charge in [0.2, 0.25) is 11.9 Å². The molecule has 8 heteroatoms. The van der Waals surface area contributed by atoms with E-state index in [-0.39, 0.29) is 28.7 Å². The summed E-state index contributed by atoms with van der Waals surface area (Å²) >= 11 is 1.61. The van der Waals surface area contributed by atoms with Crippen molar-refractivity contribution in [1.29, 1.82) is 0 Å². The highest BCUT2D eigenvalue weighted by Gasteiger charge is 2.31. The van der Waals surface area contributed by atoms with Crippen LogP contribution in [0.15, 0.2) is 10.9 Å². The minimum atomic E-state index is -0.241. The van der Waals surface area contributed by atoms with E-state index in [0.717, 1.165) is 25.9 Å². The second-order valence-corrected chi connectivity index (χ2v) is 6.94. The Kier molecular flexibility index (Phi) is 6.06. The molecule has 0 radical (unpaired) electrons. The molecule has 0 unspecified atom stereocenters. The van der Waals surface area contributed by atoms with E-state index in [4.69, 9.17) is 5.73 Å². The van der Waals surface area contributed by atoms with Crippen LogP contribution in [-0.2, 0) is 11.3 Å².